The third-order valence-corrected chi connectivity index (χ3v) is 8.81. The number of nitrogens with one attached hydrogen (secondary N) is 4. The summed E-state index contributed by atoms with van der Waals surface area (Å²) in [5.41, 5.74) is 4.88. The van der Waals surface area contributed by atoms with E-state index in [1.807, 2.05) is 51.1 Å². The second kappa shape index (κ2) is 28.8. The summed E-state index contributed by atoms with van der Waals surface area (Å²) < 4.78 is 9.78. The van der Waals surface area contributed by atoms with Crippen LogP contribution in [0.2, 0.25) is 0 Å². The lowest BCUT2D eigenvalue weighted by Gasteiger charge is -2.27. The van der Waals surface area contributed by atoms with Gasteiger partial charge >= 0.3 is 12.2 Å². The van der Waals surface area contributed by atoms with Crippen molar-refractivity contribution in [2.75, 3.05) is 52.3 Å². The van der Waals surface area contributed by atoms with Crippen LogP contribution in [0, 0.1) is 0 Å². The zero-order valence-electron chi connectivity index (χ0n) is 35.9. The highest BCUT2D eigenvalue weighted by molar-refractivity contribution is 7.22. The Kier molecular flexibility index (Phi) is 25.1. The van der Waals surface area contributed by atoms with E-state index in [0.29, 0.717) is 18.1 Å². The highest BCUT2D eigenvalue weighted by Gasteiger charge is 2.26. The molecule has 0 saturated carbocycles. The Labute approximate surface area is 347 Å². The molecule has 0 aliphatic carbocycles. The quantitative estimate of drug-likeness (QED) is 0.116. The maximum absolute atomic E-state index is 13.0. The summed E-state index contributed by atoms with van der Waals surface area (Å²) >= 11 is 1.37. The molecule has 5 amide bonds. The molecule has 4 aromatic rings. The average Bonchev–Trinajstić information content (AvgIpc) is 4.05. The number of benzene rings is 2. The van der Waals surface area contributed by atoms with E-state index in [-0.39, 0.29) is 30.8 Å². The lowest BCUT2D eigenvalue weighted by Crippen LogP contribution is -2.49. The van der Waals surface area contributed by atoms with Gasteiger partial charge in [0.2, 0.25) is 17.7 Å². The Morgan fingerprint density at radius 1 is 0.845 bits per heavy atom. The number of fused-ring (bicyclic) bond motifs is 1. The van der Waals surface area contributed by atoms with E-state index in [4.69, 9.17) is 0 Å². The number of aromatic nitrogens is 3. The zero-order chi connectivity index (χ0) is 43.5. The van der Waals surface area contributed by atoms with Crippen molar-refractivity contribution in [2.24, 2.45) is 0 Å². The van der Waals surface area contributed by atoms with Crippen LogP contribution < -0.4 is 16.0 Å². The number of alkyl carbamates (subject to hydrolysis) is 2. The van der Waals surface area contributed by atoms with E-state index in [2.05, 4.69) is 80.2 Å². The molecule has 2 aromatic heterocycles. The number of carbonyl (C=O) groups is 5. The van der Waals surface area contributed by atoms with E-state index in [9.17, 15) is 24.0 Å². The number of imidazole rings is 1. The van der Waals surface area contributed by atoms with Crippen LogP contribution in [0.5, 0.6) is 0 Å². The zero-order valence-corrected chi connectivity index (χ0v) is 36.7. The summed E-state index contributed by atoms with van der Waals surface area (Å²) in [6.45, 7) is 17.8. The lowest BCUT2D eigenvalue weighted by atomic mass is 10.0. The standard InChI is InChI=1S/C26H28N6O4S.C8H14N2O3.2C3H8.C2H6/c1-4-11-32(23(33)14-28-26(35)36-3)16(2)24(34)31-25-30-20-10-9-19(12-22(20)37-25)17-5-7-18(8-6-17)21-13-27-15-29-21;1-13-8(12)9-6-7(11)10-4-2-3-5-10;2*1-3-2;1-2/h5-10,12-13,15-16H,4,11,14H2,1-3H3,(H,27,29)(H,28,35)(H,30,31,34);2-6H2,1H3,(H,9,12);2*3H2,1-2H3;1-2H3/t16-;;;;/m1..../s1. The molecule has 5 rings (SSSR count). The summed E-state index contributed by atoms with van der Waals surface area (Å²) in [4.78, 5) is 73.7. The SMILES string of the molecule is CC.CCC.CCC.CCCN(C(=O)CNC(=O)OC)[C@H](C)C(=O)Nc1nc2ccc(-c3ccc(-c4cnc[nH]4)cc3)cc2s1.COC(=O)NCC(=O)N1CCCC1. The van der Waals surface area contributed by atoms with Gasteiger partial charge in [-0.25, -0.2) is 19.6 Å². The fraction of sp³-hybridized carbons (Fsp3) is 0.500. The van der Waals surface area contributed by atoms with E-state index in [1.54, 1.807) is 24.3 Å². The smallest absolute Gasteiger partial charge is 0.407 e. The van der Waals surface area contributed by atoms with Crippen LogP contribution in [0.25, 0.3) is 32.6 Å². The van der Waals surface area contributed by atoms with Crippen LogP contribution in [0.15, 0.2) is 55.0 Å². The van der Waals surface area contributed by atoms with Crippen LogP contribution >= 0.6 is 11.3 Å². The van der Waals surface area contributed by atoms with Gasteiger partial charge in [-0.1, -0.05) is 103 Å². The minimum Gasteiger partial charge on any atom is -0.453 e. The van der Waals surface area contributed by atoms with Gasteiger partial charge in [-0.2, -0.15) is 0 Å². The molecule has 0 unspecified atom stereocenters. The first-order valence-electron chi connectivity index (χ1n) is 20.0. The number of thiazole rings is 1. The molecule has 320 valence electrons. The maximum atomic E-state index is 13.0. The molecule has 1 atom stereocenters. The molecule has 0 bridgehead atoms. The number of anilines is 1. The van der Waals surface area contributed by atoms with Crippen molar-refractivity contribution in [3.63, 3.8) is 0 Å². The third kappa shape index (κ3) is 17.3. The summed E-state index contributed by atoms with van der Waals surface area (Å²) in [6.07, 6.45) is 7.45. The number of hydrogen-bond acceptors (Lipinski definition) is 10. The van der Waals surface area contributed by atoms with Crippen LogP contribution in [-0.2, 0) is 23.9 Å². The fourth-order valence-corrected chi connectivity index (χ4v) is 6.07. The Morgan fingerprint density at radius 2 is 1.40 bits per heavy atom. The van der Waals surface area contributed by atoms with Gasteiger partial charge in [0.1, 0.15) is 19.1 Å². The van der Waals surface area contributed by atoms with Crippen molar-refractivity contribution in [2.45, 2.75) is 93.5 Å². The van der Waals surface area contributed by atoms with Crippen LogP contribution in [0.1, 0.15) is 87.5 Å². The molecule has 1 saturated heterocycles. The molecule has 4 N–H and O–H groups in total. The predicted molar refractivity (Wildman–Crippen MR) is 233 cm³/mol. The van der Waals surface area contributed by atoms with E-state index in [0.717, 1.165) is 58.5 Å². The molecular formula is C42H64N8O7S. The Hall–Kier alpha value is -5.51. The number of nitrogens with zero attached hydrogens (tertiary/aromatic N) is 4. The summed E-state index contributed by atoms with van der Waals surface area (Å²) in [6, 6.07) is 13.4. The first kappa shape index (κ1) is 50.5. The predicted octanol–water partition coefficient (Wildman–Crippen LogP) is 8.10. The van der Waals surface area contributed by atoms with Crippen molar-refractivity contribution >= 4 is 56.6 Å². The lowest BCUT2D eigenvalue weighted by molar-refractivity contribution is -0.137. The second-order valence-electron chi connectivity index (χ2n) is 12.7. The van der Waals surface area contributed by atoms with Gasteiger partial charge in [-0.15, -0.1) is 0 Å². The van der Waals surface area contributed by atoms with Crippen LogP contribution in [0.4, 0.5) is 14.7 Å². The van der Waals surface area contributed by atoms with Crippen molar-refractivity contribution in [3.05, 3.63) is 55.0 Å². The average molecular weight is 825 g/mol. The number of rotatable bonds is 11. The van der Waals surface area contributed by atoms with Crippen LogP contribution in [-0.4, -0.2) is 108 Å². The molecule has 1 aliphatic heterocycles. The molecular weight excluding hydrogens is 761 g/mol. The van der Waals surface area contributed by atoms with Gasteiger partial charge in [-0.3, -0.25) is 14.4 Å². The molecule has 3 heterocycles. The van der Waals surface area contributed by atoms with Crippen molar-refractivity contribution < 1.29 is 33.4 Å². The summed E-state index contributed by atoms with van der Waals surface area (Å²) in [5, 5.41) is 8.01. The molecule has 15 nitrogen and oxygen atoms in total. The van der Waals surface area contributed by atoms with Gasteiger partial charge in [0.15, 0.2) is 5.13 Å². The highest BCUT2D eigenvalue weighted by Crippen LogP contribution is 2.31. The number of hydrogen-bond donors (Lipinski definition) is 4. The van der Waals surface area contributed by atoms with Gasteiger partial charge in [0.05, 0.1) is 42.7 Å². The van der Waals surface area contributed by atoms with Gasteiger partial charge in [-0.05, 0) is 55.0 Å². The number of carbonyl (C=O) groups excluding carboxylic acids is 5. The van der Waals surface area contributed by atoms with Gasteiger partial charge < -0.3 is 40.2 Å². The molecule has 1 fully saturated rings. The summed E-state index contributed by atoms with van der Waals surface area (Å²) in [7, 11) is 2.49. The summed E-state index contributed by atoms with van der Waals surface area (Å²) in [5.74, 6) is -0.765. The number of H-pyrrole nitrogens is 1. The molecule has 58 heavy (non-hydrogen) atoms. The van der Waals surface area contributed by atoms with E-state index >= 15 is 0 Å². The fourth-order valence-electron chi connectivity index (χ4n) is 5.16. The minimum atomic E-state index is -0.747. The molecule has 16 heteroatoms. The number of aromatic amines is 1. The number of ether oxygens (including phenoxy) is 2. The minimum absolute atomic E-state index is 0.0344. The second-order valence-corrected chi connectivity index (χ2v) is 13.7. The first-order valence-corrected chi connectivity index (χ1v) is 20.8. The third-order valence-electron chi connectivity index (χ3n) is 7.88. The normalized spacial score (nSPS) is 11.7. The van der Waals surface area contributed by atoms with Crippen molar-refractivity contribution in [3.8, 4) is 22.4 Å². The molecule has 0 radical (unpaired) electrons. The molecule has 2 aromatic carbocycles. The van der Waals surface area contributed by atoms with Gasteiger partial charge in [0, 0.05) is 19.6 Å². The van der Waals surface area contributed by atoms with Crippen LogP contribution in [0.3, 0.4) is 0 Å². The monoisotopic (exact) mass is 824 g/mol. The molecule has 1 aliphatic rings. The van der Waals surface area contributed by atoms with Crippen molar-refractivity contribution in [1.82, 2.24) is 35.4 Å². The maximum Gasteiger partial charge on any atom is 0.407 e. The Bertz CT molecular complexity index is 1790. The topological polar surface area (TPSA) is 188 Å². The number of methoxy groups -OCH3 is 2. The first-order chi connectivity index (χ1) is 28.0. The largest absolute Gasteiger partial charge is 0.453 e. The molecule has 0 spiro atoms. The van der Waals surface area contributed by atoms with E-state index in [1.165, 1.54) is 43.3 Å². The van der Waals surface area contributed by atoms with Gasteiger partial charge in [0.25, 0.3) is 0 Å². The number of amides is 5. The number of likely N-dealkylation sites (tertiary alicyclic amines) is 1. The Balaban J connectivity index is 0.000000662. The highest BCUT2D eigenvalue weighted by atomic mass is 32.1. The van der Waals surface area contributed by atoms with Crippen molar-refractivity contribution in [1.29, 1.82) is 0 Å². The Morgan fingerprint density at radius 3 is 1.93 bits per heavy atom. The van der Waals surface area contributed by atoms with E-state index < -0.39 is 18.2 Å².